The first-order valence-electron chi connectivity index (χ1n) is 15.2. The second kappa shape index (κ2) is 11.6. The van der Waals surface area contributed by atoms with Gasteiger partial charge in [-0.05, 0) is 103 Å². The van der Waals surface area contributed by atoms with E-state index in [1.54, 1.807) is 6.92 Å². The topological polar surface area (TPSA) is 93.3 Å². The molecule has 41 heavy (non-hydrogen) atoms. The first kappa shape index (κ1) is 28.7. The highest BCUT2D eigenvalue weighted by Gasteiger charge is 2.28. The van der Waals surface area contributed by atoms with Crippen molar-refractivity contribution < 1.29 is 10.2 Å². The Kier molecular flexibility index (Phi) is 8.14. The van der Waals surface area contributed by atoms with Crippen molar-refractivity contribution in [2.24, 2.45) is 15.0 Å². The van der Waals surface area contributed by atoms with Crippen LogP contribution in [-0.4, -0.2) is 38.9 Å². The Morgan fingerprint density at radius 2 is 1.05 bits per heavy atom. The molecule has 1 aromatic rings. The average molecular weight is 551 g/mol. The third kappa shape index (κ3) is 4.78. The van der Waals surface area contributed by atoms with E-state index in [9.17, 15) is 10.2 Å². The highest BCUT2D eigenvalue weighted by atomic mass is 16.3. The standard InChI is InChI=1S/C35H42N4O2/c1-8-20-21(9-2)28-15-32-25(13-6)35(19(7)41)34(39-32)17-31-23(11-4)22(10-3)29(37-31)16-33-26(18-40)24(12-5)30(38-33)14-27(20)36-28/h14-17,39-41H,8-13,18H2,1-7H3/b28-15?,29-16?,30-14?,34-17?,35-19-. The van der Waals surface area contributed by atoms with Crippen LogP contribution in [0.4, 0.5) is 0 Å². The van der Waals surface area contributed by atoms with Gasteiger partial charge in [-0.3, -0.25) is 0 Å². The van der Waals surface area contributed by atoms with Crippen molar-refractivity contribution >= 4 is 35.0 Å². The maximum absolute atomic E-state index is 10.9. The SMILES string of the molecule is CCC1=C(CC)C2=NC1=Cc1[nH]c(/c(=C(/C)O)c1CC)=CC1=NC(=CC3=NC(=C2)C(CC)=C3CO)C(CC)=C1CC. The molecule has 8 bridgehead atoms. The molecule has 5 heterocycles. The molecule has 0 fully saturated rings. The van der Waals surface area contributed by atoms with E-state index in [0.29, 0.717) is 0 Å². The minimum atomic E-state index is -0.0777. The molecule has 4 aliphatic heterocycles. The van der Waals surface area contributed by atoms with Gasteiger partial charge < -0.3 is 15.2 Å². The van der Waals surface area contributed by atoms with E-state index in [1.165, 1.54) is 22.3 Å². The zero-order valence-corrected chi connectivity index (χ0v) is 25.5. The lowest BCUT2D eigenvalue weighted by Gasteiger charge is -2.07. The molecule has 1 aromatic heterocycles. The lowest BCUT2D eigenvalue weighted by molar-refractivity contribution is 0.336. The molecule has 0 aliphatic carbocycles. The lowest BCUT2D eigenvalue weighted by atomic mass is 9.96. The minimum absolute atomic E-state index is 0.0777. The monoisotopic (exact) mass is 550 g/mol. The fourth-order valence-electron chi connectivity index (χ4n) is 6.71. The smallest absolute Gasteiger partial charge is 0.0988 e. The molecule has 0 atom stereocenters. The van der Waals surface area contributed by atoms with Crippen LogP contribution in [0.2, 0.25) is 0 Å². The van der Waals surface area contributed by atoms with Crippen molar-refractivity contribution in [3.8, 4) is 0 Å². The quantitative estimate of drug-likeness (QED) is 0.363. The van der Waals surface area contributed by atoms with Crippen LogP contribution in [0.5, 0.6) is 0 Å². The van der Waals surface area contributed by atoms with Gasteiger partial charge in [0.25, 0.3) is 0 Å². The van der Waals surface area contributed by atoms with E-state index in [2.05, 4.69) is 64.8 Å². The van der Waals surface area contributed by atoms with Crippen molar-refractivity contribution in [2.45, 2.75) is 87.0 Å². The number of nitrogens with one attached hydrogen (secondary N) is 1. The summed E-state index contributed by atoms with van der Waals surface area (Å²) < 4.78 is 0. The Balaban J connectivity index is 1.93. The van der Waals surface area contributed by atoms with Gasteiger partial charge in [0.05, 0.1) is 51.9 Å². The van der Waals surface area contributed by atoms with Crippen LogP contribution in [0.1, 0.15) is 91.8 Å². The zero-order valence-electron chi connectivity index (χ0n) is 25.5. The summed E-state index contributed by atoms with van der Waals surface area (Å²) in [6.45, 7) is 14.6. The summed E-state index contributed by atoms with van der Waals surface area (Å²) in [5, 5.41) is 23.0. The van der Waals surface area contributed by atoms with Crippen molar-refractivity contribution in [1.82, 2.24) is 4.98 Å². The molecule has 4 aliphatic rings. The summed E-state index contributed by atoms with van der Waals surface area (Å²) in [5.41, 5.74) is 14.1. The third-order valence-corrected chi connectivity index (χ3v) is 8.59. The van der Waals surface area contributed by atoms with Gasteiger partial charge >= 0.3 is 0 Å². The Hall–Kier alpha value is -3.77. The Labute approximate surface area is 243 Å². The van der Waals surface area contributed by atoms with Crippen LogP contribution in [0.3, 0.4) is 0 Å². The molecule has 5 rings (SSSR count). The minimum Gasteiger partial charge on any atom is -0.512 e. The van der Waals surface area contributed by atoms with E-state index in [0.717, 1.165) is 106 Å². The fraction of sp³-hybridized carbons (Fsp3) is 0.400. The number of aliphatic imine (C=N–C) groups is 3. The number of hydrogen-bond donors (Lipinski definition) is 3. The van der Waals surface area contributed by atoms with Gasteiger partial charge in [-0.15, -0.1) is 0 Å². The van der Waals surface area contributed by atoms with E-state index in [4.69, 9.17) is 15.0 Å². The molecule has 0 aromatic carbocycles. The first-order chi connectivity index (χ1) is 19.8. The predicted molar refractivity (Wildman–Crippen MR) is 172 cm³/mol. The van der Waals surface area contributed by atoms with Crippen LogP contribution in [0.25, 0.3) is 17.9 Å². The predicted octanol–water partition coefficient (Wildman–Crippen LogP) is 6.46. The molecule has 0 amide bonds. The molecule has 0 radical (unpaired) electrons. The highest BCUT2D eigenvalue weighted by molar-refractivity contribution is 6.24. The molecule has 0 unspecified atom stereocenters. The Morgan fingerprint density at radius 3 is 1.49 bits per heavy atom. The van der Waals surface area contributed by atoms with Crippen LogP contribution in [-0.2, 0) is 6.42 Å². The maximum Gasteiger partial charge on any atom is 0.0988 e. The molecular weight excluding hydrogens is 508 g/mol. The summed E-state index contributed by atoms with van der Waals surface area (Å²) in [7, 11) is 0. The molecule has 3 N–H and O–H groups in total. The Bertz CT molecular complexity index is 1720. The fourth-order valence-corrected chi connectivity index (χ4v) is 6.71. The molecule has 0 saturated carbocycles. The van der Waals surface area contributed by atoms with Gasteiger partial charge in [-0.25, -0.2) is 15.0 Å². The molecule has 6 nitrogen and oxygen atoms in total. The van der Waals surface area contributed by atoms with Crippen molar-refractivity contribution in [3.63, 3.8) is 0 Å². The molecular formula is C35H42N4O2. The van der Waals surface area contributed by atoms with Crippen molar-refractivity contribution in [1.29, 1.82) is 0 Å². The molecule has 0 saturated heterocycles. The Morgan fingerprint density at radius 1 is 0.610 bits per heavy atom. The zero-order chi connectivity index (χ0) is 29.4. The number of nitrogens with zero attached hydrogens (tertiary/aromatic N) is 3. The molecule has 6 heteroatoms. The van der Waals surface area contributed by atoms with E-state index in [1.807, 2.05) is 6.08 Å². The number of aromatic amines is 1. The average Bonchev–Trinajstić information content (AvgIpc) is 3.68. The van der Waals surface area contributed by atoms with Crippen molar-refractivity contribution in [2.75, 3.05) is 6.61 Å². The van der Waals surface area contributed by atoms with Crippen LogP contribution in [0, 0.1) is 0 Å². The number of H-pyrrole nitrogens is 1. The van der Waals surface area contributed by atoms with E-state index < -0.39 is 0 Å². The largest absolute Gasteiger partial charge is 0.512 e. The number of aromatic nitrogens is 1. The van der Waals surface area contributed by atoms with Gasteiger partial charge in [0.15, 0.2) is 0 Å². The molecule has 0 spiro atoms. The van der Waals surface area contributed by atoms with Gasteiger partial charge in [0, 0.05) is 16.5 Å². The lowest BCUT2D eigenvalue weighted by Crippen LogP contribution is -2.28. The first-order valence-corrected chi connectivity index (χ1v) is 15.2. The highest BCUT2D eigenvalue weighted by Crippen LogP contribution is 2.37. The summed E-state index contributed by atoms with van der Waals surface area (Å²) in [6.07, 6.45) is 13.3. The van der Waals surface area contributed by atoms with Crippen LogP contribution in [0.15, 0.2) is 77.7 Å². The van der Waals surface area contributed by atoms with E-state index >= 15 is 0 Å². The van der Waals surface area contributed by atoms with Gasteiger partial charge in [-0.1, -0.05) is 41.5 Å². The summed E-state index contributed by atoms with van der Waals surface area (Å²) in [6, 6.07) is 0. The molecule has 214 valence electrons. The number of allylic oxidation sites excluding steroid dienone is 7. The second-order valence-corrected chi connectivity index (χ2v) is 10.8. The summed E-state index contributed by atoms with van der Waals surface area (Å²) in [4.78, 5) is 19.0. The normalized spacial score (nSPS) is 19.2. The van der Waals surface area contributed by atoms with Gasteiger partial charge in [-0.2, -0.15) is 0 Å². The third-order valence-electron chi connectivity index (χ3n) is 8.59. The number of aliphatic hydroxyl groups is 2. The van der Waals surface area contributed by atoms with Gasteiger partial charge in [0.1, 0.15) is 0 Å². The number of hydrogen-bond acceptors (Lipinski definition) is 5. The summed E-state index contributed by atoms with van der Waals surface area (Å²) >= 11 is 0. The number of fused-ring (bicyclic) bond motifs is 5. The van der Waals surface area contributed by atoms with Crippen molar-refractivity contribution in [3.05, 3.63) is 84.5 Å². The van der Waals surface area contributed by atoms with E-state index in [-0.39, 0.29) is 12.4 Å². The van der Waals surface area contributed by atoms with Crippen LogP contribution >= 0.6 is 0 Å². The van der Waals surface area contributed by atoms with Gasteiger partial charge in [0.2, 0.25) is 0 Å². The summed E-state index contributed by atoms with van der Waals surface area (Å²) in [5.74, 6) is 0.288. The maximum atomic E-state index is 10.9. The second-order valence-electron chi connectivity index (χ2n) is 10.8. The number of rotatable bonds is 7. The number of aliphatic hydroxyl groups excluding tert-OH is 2. The van der Waals surface area contributed by atoms with Crippen LogP contribution < -0.4 is 10.6 Å².